The lowest BCUT2D eigenvalue weighted by Gasteiger charge is -2.09. The quantitative estimate of drug-likeness (QED) is 0.936. The molecule has 0 unspecified atom stereocenters. The van der Waals surface area contributed by atoms with Crippen molar-refractivity contribution in [2.45, 2.75) is 20.0 Å². The van der Waals surface area contributed by atoms with Gasteiger partial charge in [-0.1, -0.05) is 11.3 Å². The van der Waals surface area contributed by atoms with Crippen molar-refractivity contribution < 1.29 is 14.3 Å². The van der Waals surface area contributed by atoms with E-state index in [4.69, 9.17) is 15.2 Å². The predicted molar refractivity (Wildman–Crippen MR) is 73.3 cm³/mol. The van der Waals surface area contributed by atoms with Crippen LogP contribution in [0.3, 0.4) is 0 Å². The zero-order chi connectivity index (χ0) is 13.3. The summed E-state index contributed by atoms with van der Waals surface area (Å²) in [6, 6.07) is 1.78. The molecule has 0 aliphatic heterocycles. The third-order valence-corrected chi connectivity index (χ3v) is 4.08. The number of thiophene rings is 1. The highest BCUT2D eigenvalue weighted by Crippen LogP contribution is 2.44. The number of carbonyl (C=O) groups is 1. The van der Waals surface area contributed by atoms with E-state index in [9.17, 15) is 4.79 Å². The molecule has 7 heteroatoms. The lowest BCUT2D eigenvalue weighted by molar-refractivity contribution is 0.212. The Morgan fingerprint density at radius 2 is 2.28 bits per heavy atom. The van der Waals surface area contributed by atoms with Gasteiger partial charge in [-0.3, -0.25) is 4.98 Å². The molecule has 18 heavy (non-hydrogen) atoms. The van der Waals surface area contributed by atoms with E-state index >= 15 is 0 Å². The summed E-state index contributed by atoms with van der Waals surface area (Å²) >= 11 is 4.60. The summed E-state index contributed by atoms with van der Waals surface area (Å²) in [4.78, 5) is 15.0. The van der Waals surface area contributed by atoms with E-state index in [0.717, 1.165) is 4.70 Å². The molecule has 2 heterocycles. The molecule has 0 fully saturated rings. The van der Waals surface area contributed by atoms with Crippen molar-refractivity contribution in [1.82, 2.24) is 4.98 Å². The summed E-state index contributed by atoms with van der Waals surface area (Å²) in [5.41, 5.74) is 5.70. The third-order valence-electron chi connectivity index (χ3n) is 2.01. The molecule has 5 nitrogen and oxygen atoms in total. The molecule has 0 bridgehead atoms. The molecule has 0 saturated carbocycles. The van der Waals surface area contributed by atoms with Gasteiger partial charge in [-0.15, -0.1) is 0 Å². The summed E-state index contributed by atoms with van der Waals surface area (Å²) in [5.74, 6) is 0.708. The van der Waals surface area contributed by atoms with Crippen LogP contribution in [0.4, 0.5) is 4.79 Å². The predicted octanol–water partition coefficient (Wildman–Crippen LogP) is 3.30. The van der Waals surface area contributed by atoms with Gasteiger partial charge in [-0.25, -0.2) is 4.79 Å². The van der Waals surface area contributed by atoms with Crippen LogP contribution in [0.15, 0.2) is 16.7 Å². The van der Waals surface area contributed by atoms with E-state index in [2.05, 4.69) is 20.9 Å². The summed E-state index contributed by atoms with van der Waals surface area (Å²) in [7, 11) is 0. The summed E-state index contributed by atoms with van der Waals surface area (Å²) in [6.45, 7) is 3.88. The van der Waals surface area contributed by atoms with Crippen molar-refractivity contribution >= 4 is 43.6 Å². The van der Waals surface area contributed by atoms with Crippen LogP contribution in [-0.2, 0) is 0 Å². The zero-order valence-corrected chi connectivity index (χ0v) is 12.2. The fourth-order valence-corrected chi connectivity index (χ4v) is 3.14. The van der Waals surface area contributed by atoms with Crippen LogP contribution >= 0.6 is 27.3 Å². The Morgan fingerprint density at radius 1 is 1.56 bits per heavy atom. The molecule has 1 amide bonds. The second kappa shape index (κ2) is 5.11. The number of pyridine rings is 1. The molecule has 96 valence electrons. The maximum Gasteiger partial charge on any atom is 0.410 e. The Morgan fingerprint density at radius 3 is 2.89 bits per heavy atom. The monoisotopic (exact) mass is 330 g/mol. The number of primary amides is 1. The minimum atomic E-state index is -0.853. The Balaban J connectivity index is 2.53. The number of nitrogens with two attached hydrogens (primary N) is 1. The molecule has 2 rings (SSSR count). The molecular weight excluding hydrogens is 320 g/mol. The molecule has 0 aliphatic carbocycles. The average molecular weight is 331 g/mol. The normalized spacial score (nSPS) is 10.9. The van der Waals surface area contributed by atoms with Gasteiger partial charge in [0.05, 0.1) is 15.3 Å². The summed E-state index contributed by atoms with van der Waals surface area (Å²) in [5, 5.41) is 0.379. The van der Waals surface area contributed by atoms with Gasteiger partial charge >= 0.3 is 6.09 Å². The van der Waals surface area contributed by atoms with Crippen molar-refractivity contribution in [1.29, 1.82) is 0 Å². The van der Waals surface area contributed by atoms with Crippen LogP contribution < -0.4 is 15.2 Å². The number of amides is 1. The Labute approximate surface area is 116 Å². The van der Waals surface area contributed by atoms with Gasteiger partial charge in [0.15, 0.2) is 0 Å². The van der Waals surface area contributed by atoms with Gasteiger partial charge in [-0.05, 0) is 35.8 Å². The standard InChI is InChI=1S/C11H11BrN2O3S/c1-5(2)16-6-3-4-14-8-7(12)10(17-11(13)15)18-9(6)8/h3-5H,1-2H3,(H2,13,15). The summed E-state index contributed by atoms with van der Waals surface area (Å²) < 4.78 is 12.0. The second-order valence-electron chi connectivity index (χ2n) is 3.78. The molecule has 2 N–H and O–H groups in total. The van der Waals surface area contributed by atoms with Gasteiger partial charge in [0.25, 0.3) is 0 Å². The van der Waals surface area contributed by atoms with Crippen molar-refractivity contribution in [3.8, 4) is 10.8 Å². The van der Waals surface area contributed by atoms with E-state index in [1.54, 1.807) is 12.3 Å². The topological polar surface area (TPSA) is 74.4 Å². The third kappa shape index (κ3) is 2.56. The van der Waals surface area contributed by atoms with Crippen molar-refractivity contribution in [2.75, 3.05) is 0 Å². The molecule has 0 radical (unpaired) electrons. The van der Waals surface area contributed by atoms with Crippen LogP contribution in [0.5, 0.6) is 10.8 Å². The van der Waals surface area contributed by atoms with Crippen molar-refractivity contribution in [3.63, 3.8) is 0 Å². The number of fused-ring (bicyclic) bond motifs is 1. The summed E-state index contributed by atoms with van der Waals surface area (Å²) in [6.07, 6.45) is 0.844. The van der Waals surface area contributed by atoms with Crippen LogP contribution in [0, 0.1) is 0 Å². The fraction of sp³-hybridized carbons (Fsp3) is 0.273. The fourth-order valence-electron chi connectivity index (χ4n) is 1.42. The average Bonchev–Trinajstić information content (AvgIpc) is 2.57. The minimum absolute atomic E-state index is 0.0528. The molecule has 0 atom stereocenters. The maximum atomic E-state index is 10.8. The van der Waals surface area contributed by atoms with Crippen LogP contribution in [0.1, 0.15) is 13.8 Å². The van der Waals surface area contributed by atoms with Gasteiger partial charge in [0.2, 0.25) is 5.06 Å². The molecule has 0 spiro atoms. The Bertz CT molecular complexity index is 597. The highest BCUT2D eigenvalue weighted by Gasteiger charge is 2.17. The lowest BCUT2D eigenvalue weighted by atomic mass is 10.3. The van der Waals surface area contributed by atoms with Gasteiger partial charge in [0.1, 0.15) is 11.3 Å². The highest BCUT2D eigenvalue weighted by molar-refractivity contribution is 9.10. The number of aromatic nitrogens is 1. The molecule has 0 aromatic carbocycles. The smallest absolute Gasteiger partial charge is 0.410 e. The first kappa shape index (κ1) is 13.1. The van der Waals surface area contributed by atoms with Crippen molar-refractivity contribution in [2.24, 2.45) is 5.73 Å². The minimum Gasteiger partial charge on any atom is -0.489 e. The largest absolute Gasteiger partial charge is 0.489 e. The molecule has 2 aromatic heterocycles. The second-order valence-corrected chi connectivity index (χ2v) is 5.55. The van der Waals surface area contributed by atoms with Crippen LogP contribution in [0.25, 0.3) is 10.2 Å². The van der Waals surface area contributed by atoms with Crippen LogP contribution in [-0.4, -0.2) is 17.2 Å². The number of hydrogen-bond donors (Lipinski definition) is 1. The van der Waals surface area contributed by atoms with Gasteiger partial charge < -0.3 is 15.2 Å². The first-order valence-electron chi connectivity index (χ1n) is 5.20. The van der Waals surface area contributed by atoms with Crippen LogP contribution in [0.2, 0.25) is 0 Å². The Kier molecular flexibility index (Phi) is 3.72. The number of nitrogens with zero attached hydrogens (tertiary/aromatic N) is 1. The number of rotatable bonds is 3. The number of ether oxygens (including phenoxy) is 2. The van der Waals surface area contributed by atoms with E-state index in [1.807, 2.05) is 13.8 Å². The number of hydrogen-bond acceptors (Lipinski definition) is 5. The van der Waals surface area contributed by atoms with Gasteiger partial charge in [-0.2, -0.15) is 0 Å². The first-order valence-corrected chi connectivity index (χ1v) is 6.81. The molecule has 0 saturated heterocycles. The first-order chi connectivity index (χ1) is 8.49. The molecule has 2 aromatic rings. The van der Waals surface area contributed by atoms with Crippen molar-refractivity contribution in [3.05, 3.63) is 16.7 Å². The SMILES string of the molecule is CC(C)Oc1ccnc2c(Br)c(OC(N)=O)sc12. The van der Waals surface area contributed by atoms with E-state index in [0.29, 0.717) is 20.8 Å². The highest BCUT2D eigenvalue weighted by atomic mass is 79.9. The van der Waals surface area contributed by atoms with E-state index in [-0.39, 0.29) is 6.10 Å². The Hall–Kier alpha value is -1.34. The number of halogens is 1. The van der Waals surface area contributed by atoms with E-state index < -0.39 is 6.09 Å². The van der Waals surface area contributed by atoms with E-state index in [1.165, 1.54) is 11.3 Å². The molecular formula is C11H11BrN2O3S. The zero-order valence-electron chi connectivity index (χ0n) is 9.77. The van der Waals surface area contributed by atoms with Gasteiger partial charge in [0, 0.05) is 6.20 Å². The number of carbonyl (C=O) groups excluding carboxylic acids is 1. The lowest BCUT2D eigenvalue weighted by Crippen LogP contribution is -2.15. The maximum absolute atomic E-state index is 10.8. The molecule has 0 aliphatic rings.